The molecule has 200 valence electrons. The van der Waals surface area contributed by atoms with Gasteiger partial charge < -0.3 is 21.3 Å². The zero-order valence-electron chi connectivity index (χ0n) is 22.3. The van der Waals surface area contributed by atoms with Gasteiger partial charge in [-0.1, -0.05) is 59.8 Å². The van der Waals surface area contributed by atoms with E-state index in [-0.39, 0.29) is 18.1 Å². The first kappa shape index (κ1) is 29.2. The van der Waals surface area contributed by atoms with Crippen molar-refractivity contribution >= 4 is 23.6 Å². The third kappa shape index (κ3) is 8.57. The highest BCUT2D eigenvalue weighted by molar-refractivity contribution is 5.96. The van der Waals surface area contributed by atoms with Crippen LogP contribution in [0.1, 0.15) is 83.6 Å². The monoisotopic (exact) mass is 502 g/mol. The molecule has 1 saturated carbocycles. The Hall–Kier alpha value is -3.04. The fourth-order valence-corrected chi connectivity index (χ4v) is 4.62. The van der Waals surface area contributed by atoms with Crippen LogP contribution in [0.4, 0.5) is 0 Å². The van der Waals surface area contributed by atoms with Crippen molar-refractivity contribution in [3.8, 4) is 0 Å². The third-order valence-corrected chi connectivity index (χ3v) is 7.07. The van der Waals surface area contributed by atoms with Crippen LogP contribution in [0.25, 0.3) is 0 Å². The molecule has 0 aliphatic heterocycles. The van der Waals surface area contributed by atoms with Gasteiger partial charge in [-0.2, -0.15) is 0 Å². The van der Waals surface area contributed by atoms with Crippen LogP contribution in [0.15, 0.2) is 18.6 Å². The van der Waals surface area contributed by atoms with E-state index in [4.69, 9.17) is 5.73 Å². The Morgan fingerprint density at radius 3 is 2.33 bits per heavy atom. The second-order valence-electron chi connectivity index (χ2n) is 10.9. The zero-order chi connectivity index (χ0) is 26.9. The minimum absolute atomic E-state index is 0.0855. The smallest absolute Gasteiger partial charge is 0.271 e. The molecule has 0 bridgehead atoms. The Labute approximate surface area is 214 Å². The molecule has 1 aliphatic rings. The molecule has 1 aliphatic carbocycles. The first-order valence-electron chi connectivity index (χ1n) is 12.8. The summed E-state index contributed by atoms with van der Waals surface area (Å²) < 4.78 is 0. The summed E-state index contributed by atoms with van der Waals surface area (Å²) in [6.07, 6.45) is 11.0. The lowest BCUT2D eigenvalue weighted by Gasteiger charge is -2.38. The largest absolute Gasteiger partial charge is 0.368 e. The Balaban J connectivity index is 2.08. The fourth-order valence-electron chi connectivity index (χ4n) is 4.62. The fraction of sp³-hybridized carbons (Fsp3) is 0.692. The van der Waals surface area contributed by atoms with E-state index >= 15 is 0 Å². The van der Waals surface area contributed by atoms with Crippen LogP contribution >= 0.6 is 0 Å². The van der Waals surface area contributed by atoms with Crippen LogP contribution < -0.4 is 16.4 Å². The van der Waals surface area contributed by atoms with Crippen molar-refractivity contribution in [1.29, 1.82) is 0 Å². The van der Waals surface area contributed by atoms with Gasteiger partial charge in [0.05, 0.1) is 12.7 Å². The summed E-state index contributed by atoms with van der Waals surface area (Å²) in [4.78, 5) is 59.9. The minimum atomic E-state index is -0.912. The second-order valence-corrected chi connectivity index (χ2v) is 10.9. The molecule has 1 aromatic rings. The van der Waals surface area contributed by atoms with Crippen LogP contribution in [0, 0.1) is 17.3 Å². The number of rotatable bonds is 11. The normalized spacial score (nSPS) is 16.9. The molecule has 0 radical (unpaired) electrons. The predicted molar refractivity (Wildman–Crippen MR) is 136 cm³/mol. The van der Waals surface area contributed by atoms with Crippen LogP contribution in [0.5, 0.6) is 0 Å². The molecule has 1 unspecified atom stereocenters. The SMILES string of the molecule is C[C@H](CCN(C(=O)C(NC(=O)CNC(=O)c1cnccn1)C(C)(C)C)[C@@H](C)C(N)=O)C1CCCCC1. The van der Waals surface area contributed by atoms with Gasteiger partial charge in [-0.15, -0.1) is 0 Å². The summed E-state index contributed by atoms with van der Waals surface area (Å²) in [7, 11) is 0. The Bertz CT molecular complexity index is 895. The first-order chi connectivity index (χ1) is 16.9. The molecule has 1 fully saturated rings. The maximum atomic E-state index is 13.7. The lowest BCUT2D eigenvalue weighted by atomic mass is 9.79. The molecule has 0 saturated heterocycles. The number of primary amides is 1. The lowest BCUT2D eigenvalue weighted by molar-refractivity contribution is -0.144. The molecular formula is C26H42N6O4. The van der Waals surface area contributed by atoms with E-state index in [0.717, 1.165) is 6.42 Å². The van der Waals surface area contributed by atoms with Crippen molar-refractivity contribution in [3.05, 3.63) is 24.3 Å². The number of nitrogens with one attached hydrogen (secondary N) is 2. The summed E-state index contributed by atoms with van der Waals surface area (Å²) in [5.74, 6) is -0.988. The number of nitrogens with zero attached hydrogens (tertiary/aromatic N) is 3. The minimum Gasteiger partial charge on any atom is -0.368 e. The van der Waals surface area contributed by atoms with Crippen LogP contribution in [0.3, 0.4) is 0 Å². The molecule has 4 amide bonds. The average Bonchev–Trinajstić information content (AvgIpc) is 2.85. The standard InChI is InChI=1S/C26H42N6O4/c1-17(19-9-7-6-8-10-19)11-14-32(18(2)23(27)34)25(36)22(26(3,4)5)31-21(33)16-30-24(35)20-15-28-12-13-29-20/h12-13,15,17-19,22H,6-11,14,16H2,1-5H3,(H2,27,34)(H,30,35)(H,31,33)/t17-,18+,22?/m1/s1. The summed E-state index contributed by atoms with van der Waals surface area (Å²) in [6, 6.07) is -1.72. The van der Waals surface area contributed by atoms with E-state index < -0.39 is 35.2 Å². The molecule has 3 atom stereocenters. The Kier molecular flexibility index (Phi) is 10.8. The second kappa shape index (κ2) is 13.3. The van der Waals surface area contributed by atoms with Crippen molar-refractivity contribution in [2.45, 2.75) is 85.2 Å². The summed E-state index contributed by atoms with van der Waals surface area (Å²) >= 11 is 0. The van der Waals surface area contributed by atoms with E-state index in [0.29, 0.717) is 18.4 Å². The van der Waals surface area contributed by atoms with Gasteiger partial charge in [0.25, 0.3) is 5.91 Å². The zero-order valence-corrected chi connectivity index (χ0v) is 22.3. The molecule has 1 aromatic heterocycles. The van der Waals surface area contributed by atoms with Gasteiger partial charge in [-0.25, -0.2) is 4.98 Å². The first-order valence-corrected chi connectivity index (χ1v) is 12.8. The van der Waals surface area contributed by atoms with Crippen molar-refractivity contribution in [3.63, 3.8) is 0 Å². The van der Waals surface area contributed by atoms with Crippen molar-refractivity contribution in [2.24, 2.45) is 23.0 Å². The van der Waals surface area contributed by atoms with E-state index in [9.17, 15) is 19.2 Å². The summed E-state index contributed by atoms with van der Waals surface area (Å²) in [5.41, 5.74) is 5.03. The number of amides is 4. The molecule has 10 nitrogen and oxygen atoms in total. The highest BCUT2D eigenvalue weighted by atomic mass is 16.2. The van der Waals surface area contributed by atoms with Crippen LogP contribution in [0.2, 0.25) is 0 Å². The molecule has 2 rings (SSSR count). The molecular weight excluding hydrogens is 460 g/mol. The molecule has 0 aromatic carbocycles. The quantitative estimate of drug-likeness (QED) is 0.422. The molecule has 0 spiro atoms. The highest BCUT2D eigenvalue weighted by Crippen LogP contribution is 2.32. The van der Waals surface area contributed by atoms with Gasteiger partial charge in [0.2, 0.25) is 17.7 Å². The Morgan fingerprint density at radius 1 is 1.11 bits per heavy atom. The predicted octanol–water partition coefficient (Wildman–Crippen LogP) is 2.05. The summed E-state index contributed by atoms with van der Waals surface area (Å²) in [5, 5.41) is 5.24. The number of hydrogen-bond acceptors (Lipinski definition) is 6. The topological polar surface area (TPSA) is 147 Å². The van der Waals surface area contributed by atoms with Crippen LogP contribution in [-0.2, 0) is 14.4 Å². The van der Waals surface area contributed by atoms with Gasteiger partial charge in [-0.3, -0.25) is 24.2 Å². The lowest BCUT2D eigenvalue weighted by Crippen LogP contribution is -2.59. The number of nitrogens with two attached hydrogens (primary N) is 1. The van der Waals surface area contributed by atoms with Gasteiger partial charge in [0, 0.05) is 18.9 Å². The molecule has 1 heterocycles. The van der Waals surface area contributed by atoms with Crippen molar-refractivity contribution in [1.82, 2.24) is 25.5 Å². The van der Waals surface area contributed by atoms with Gasteiger partial charge in [-0.05, 0) is 30.6 Å². The maximum Gasteiger partial charge on any atom is 0.271 e. The van der Waals surface area contributed by atoms with Gasteiger partial charge in [0.1, 0.15) is 17.8 Å². The van der Waals surface area contributed by atoms with Gasteiger partial charge >= 0.3 is 0 Å². The van der Waals surface area contributed by atoms with Crippen LogP contribution in [-0.4, -0.2) is 63.7 Å². The third-order valence-electron chi connectivity index (χ3n) is 7.07. The number of carbonyl (C=O) groups excluding carboxylic acids is 4. The van der Waals surface area contributed by atoms with Gasteiger partial charge in [0.15, 0.2) is 0 Å². The van der Waals surface area contributed by atoms with E-state index in [1.807, 2.05) is 20.8 Å². The number of carbonyl (C=O) groups is 4. The molecule has 4 N–H and O–H groups in total. The molecule has 10 heteroatoms. The number of aromatic nitrogens is 2. The van der Waals surface area contributed by atoms with Crippen molar-refractivity contribution in [2.75, 3.05) is 13.1 Å². The van der Waals surface area contributed by atoms with Crippen molar-refractivity contribution < 1.29 is 19.2 Å². The average molecular weight is 503 g/mol. The van der Waals surface area contributed by atoms with E-state index in [2.05, 4.69) is 27.5 Å². The Morgan fingerprint density at radius 2 is 1.78 bits per heavy atom. The number of hydrogen-bond donors (Lipinski definition) is 3. The van der Waals surface area contributed by atoms with E-state index in [1.165, 1.54) is 55.6 Å². The molecule has 36 heavy (non-hydrogen) atoms. The van der Waals surface area contributed by atoms with E-state index in [1.54, 1.807) is 6.92 Å². The highest BCUT2D eigenvalue weighted by Gasteiger charge is 2.38. The summed E-state index contributed by atoms with van der Waals surface area (Å²) in [6.45, 7) is 9.39. The maximum absolute atomic E-state index is 13.7.